The average Bonchev–Trinajstić information content (AvgIpc) is 2.05. The molecule has 0 spiro atoms. The maximum Gasteiger partial charge on any atom is 0.0485 e. The van der Waals surface area contributed by atoms with E-state index in [0.717, 1.165) is 19.4 Å². The smallest absolute Gasteiger partial charge is 0.0485 e. The van der Waals surface area contributed by atoms with E-state index in [1.54, 1.807) is 5.57 Å². The van der Waals surface area contributed by atoms with Gasteiger partial charge in [-0.15, -0.1) is 0 Å². The molecule has 0 radical (unpaired) electrons. The fourth-order valence-electron chi connectivity index (χ4n) is 1.51. The van der Waals surface area contributed by atoms with Gasteiger partial charge in [0.25, 0.3) is 0 Å². The third-order valence-corrected chi connectivity index (χ3v) is 2.12. The van der Waals surface area contributed by atoms with E-state index in [1.807, 2.05) is 6.21 Å². The topological polar surface area (TPSA) is 12.4 Å². The van der Waals surface area contributed by atoms with Crippen molar-refractivity contribution in [2.45, 2.75) is 12.8 Å². The largest absolute Gasteiger partial charge is 0.296 e. The zero-order valence-corrected chi connectivity index (χ0v) is 5.96. The first-order valence-electron chi connectivity index (χ1n) is 3.80. The van der Waals surface area contributed by atoms with Crippen molar-refractivity contribution in [1.29, 1.82) is 0 Å². The number of rotatable bonds is 0. The second kappa shape index (κ2) is 2.41. The number of hydrogen-bond donors (Lipinski definition) is 0. The molecule has 1 nitrogen and oxygen atoms in total. The van der Waals surface area contributed by atoms with Crippen molar-refractivity contribution in [3.63, 3.8) is 0 Å². The van der Waals surface area contributed by atoms with Crippen molar-refractivity contribution < 1.29 is 0 Å². The van der Waals surface area contributed by atoms with Crippen LogP contribution in [0.5, 0.6) is 0 Å². The molecular weight excluding hydrogens is 122 g/mol. The number of aliphatic imine (C=N–C) groups is 1. The van der Waals surface area contributed by atoms with Crippen LogP contribution in [0.25, 0.3) is 0 Å². The molecule has 0 bridgehead atoms. The van der Waals surface area contributed by atoms with Crippen LogP contribution in [0.3, 0.4) is 0 Å². The third-order valence-electron chi connectivity index (χ3n) is 2.12. The van der Waals surface area contributed by atoms with Gasteiger partial charge in [0.2, 0.25) is 0 Å². The average molecular weight is 133 g/mol. The van der Waals surface area contributed by atoms with Crippen molar-refractivity contribution in [2.75, 3.05) is 6.54 Å². The lowest BCUT2D eigenvalue weighted by atomic mass is 9.90. The minimum atomic E-state index is 0.638. The maximum absolute atomic E-state index is 4.24. The Hall–Kier alpha value is -0.850. The van der Waals surface area contributed by atoms with Crippen molar-refractivity contribution in [3.05, 3.63) is 23.8 Å². The fraction of sp³-hybridized carbons (Fsp3) is 0.444. The molecule has 0 saturated carbocycles. The van der Waals surface area contributed by atoms with Crippen molar-refractivity contribution in [3.8, 4) is 0 Å². The van der Waals surface area contributed by atoms with E-state index in [2.05, 4.69) is 23.2 Å². The summed E-state index contributed by atoms with van der Waals surface area (Å²) in [7, 11) is 0. The van der Waals surface area contributed by atoms with Crippen LogP contribution in [0.4, 0.5) is 0 Å². The summed E-state index contributed by atoms with van der Waals surface area (Å²) < 4.78 is 0. The Labute approximate surface area is 61.2 Å². The molecule has 0 aromatic heterocycles. The quantitative estimate of drug-likeness (QED) is 0.448. The monoisotopic (exact) mass is 133 g/mol. The minimum absolute atomic E-state index is 0.638. The van der Waals surface area contributed by atoms with Gasteiger partial charge in [0.1, 0.15) is 0 Å². The van der Waals surface area contributed by atoms with Crippen LogP contribution in [-0.2, 0) is 0 Å². The molecule has 0 N–H and O–H groups in total. The number of hydrogen-bond acceptors (Lipinski definition) is 1. The lowest BCUT2D eigenvalue weighted by Gasteiger charge is -2.20. The molecule has 1 aliphatic carbocycles. The maximum atomic E-state index is 4.24. The number of fused-ring (bicyclic) bond motifs is 1. The van der Waals surface area contributed by atoms with E-state index in [9.17, 15) is 0 Å². The van der Waals surface area contributed by atoms with Crippen LogP contribution in [-0.4, -0.2) is 12.8 Å². The molecule has 1 heteroatoms. The third kappa shape index (κ3) is 0.919. The molecule has 2 rings (SSSR count). The Balaban J connectivity index is 2.23. The normalized spacial score (nSPS) is 29.6. The highest BCUT2D eigenvalue weighted by Crippen LogP contribution is 2.23. The SMILES string of the molecule is C1=CC2CN=CCC2=CC1. The summed E-state index contributed by atoms with van der Waals surface area (Å²) in [6.45, 7) is 0.975. The summed E-state index contributed by atoms with van der Waals surface area (Å²) in [5, 5.41) is 0. The van der Waals surface area contributed by atoms with Gasteiger partial charge < -0.3 is 0 Å². The lowest BCUT2D eigenvalue weighted by molar-refractivity contribution is 0.721. The van der Waals surface area contributed by atoms with E-state index >= 15 is 0 Å². The fourth-order valence-corrected chi connectivity index (χ4v) is 1.51. The van der Waals surface area contributed by atoms with Gasteiger partial charge in [-0.25, -0.2) is 0 Å². The minimum Gasteiger partial charge on any atom is -0.296 e. The second-order valence-electron chi connectivity index (χ2n) is 2.80. The van der Waals surface area contributed by atoms with Crippen LogP contribution in [0, 0.1) is 5.92 Å². The predicted octanol–water partition coefficient (Wildman–Crippen LogP) is 1.96. The van der Waals surface area contributed by atoms with Gasteiger partial charge in [-0.3, -0.25) is 4.99 Å². The van der Waals surface area contributed by atoms with Gasteiger partial charge in [0, 0.05) is 25.1 Å². The highest BCUT2D eigenvalue weighted by molar-refractivity contribution is 5.63. The van der Waals surface area contributed by atoms with Crippen LogP contribution >= 0.6 is 0 Å². The molecule has 0 fully saturated rings. The molecule has 0 saturated heterocycles. The Morgan fingerprint density at radius 1 is 1.50 bits per heavy atom. The first-order chi connectivity index (χ1) is 4.97. The zero-order chi connectivity index (χ0) is 6.81. The Bertz CT molecular complexity index is 211. The molecule has 0 aromatic rings. The predicted molar refractivity (Wildman–Crippen MR) is 43.3 cm³/mol. The first-order valence-corrected chi connectivity index (χ1v) is 3.80. The molecule has 1 unspecified atom stereocenters. The molecular formula is C9H11N. The Kier molecular flexibility index (Phi) is 1.42. The number of nitrogens with zero attached hydrogens (tertiary/aromatic N) is 1. The van der Waals surface area contributed by atoms with E-state index < -0.39 is 0 Å². The van der Waals surface area contributed by atoms with Gasteiger partial charge in [-0.2, -0.15) is 0 Å². The van der Waals surface area contributed by atoms with E-state index in [0.29, 0.717) is 5.92 Å². The molecule has 10 heavy (non-hydrogen) atoms. The molecule has 1 aliphatic heterocycles. The molecule has 2 aliphatic rings. The summed E-state index contributed by atoms with van der Waals surface area (Å²) in [5.74, 6) is 0.638. The van der Waals surface area contributed by atoms with Gasteiger partial charge in [0.05, 0.1) is 0 Å². The zero-order valence-electron chi connectivity index (χ0n) is 5.96. The van der Waals surface area contributed by atoms with Gasteiger partial charge in [0.15, 0.2) is 0 Å². The van der Waals surface area contributed by atoms with E-state index in [1.165, 1.54) is 0 Å². The van der Waals surface area contributed by atoms with Crippen molar-refractivity contribution in [2.24, 2.45) is 10.9 Å². The summed E-state index contributed by atoms with van der Waals surface area (Å²) >= 11 is 0. The highest BCUT2D eigenvalue weighted by atomic mass is 14.7. The van der Waals surface area contributed by atoms with E-state index in [4.69, 9.17) is 0 Å². The van der Waals surface area contributed by atoms with Crippen LogP contribution in [0.2, 0.25) is 0 Å². The molecule has 0 amide bonds. The first kappa shape index (κ1) is 5.90. The van der Waals surface area contributed by atoms with Crippen LogP contribution < -0.4 is 0 Å². The molecule has 1 atom stereocenters. The molecule has 0 aromatic carbocycles. The Morgan fingerprint density at radius 3 is 3.40 bits per heavy atom. The summed E-state index contributed by atoms with van der Waals surface area (Å²) in [4.78, 5) is 4.24. The van der Waals surface area contributed by atoms with Crippen molar-refractivity contribution in [1.82, 2.24) is 0 Å². The second-order valence-corrected chi connectivity index (χ2v) is 2.80. The van der Waals surface area contributed by atoms with Crippen LogP contribution in [0.15, 0.2) is 28.8 Å². The summed E-state index contributed by atoms with van der Waals surface area (Å²) in [6, 6.07) is 0. The van der Waals surface area contributed by atoms with E-state index in [-0.39, 0.29) is 0 Å². The lowest BCUT2D eigenvalue weighted by Crippen LogP contribution is -2.12. The number of allylic oxidation sites excluding steroid dienone is 2. The van der Waals surface area contributed by atoms with Gasteiger partial charge >= 0.3 is 0 Å². The summed E-state index contributed by atoms with van der Waals surface area (Å²) in [5.41, 5.74) is 1.57. The van der Waals surface area contributed by atoms with Gasteiger partial charge in [-0.05, 0) is 6.42 Å². The van der Waals surface area contributed by atoms with Crippen LogP contribution in [0.1, 0.15) is 12.8 Å². The summed E-state index contributed by atoms with van der Waals surface area (Å²) in [6.07, 6.45) is 11.1. The van der Waals surface area contributed by atoms with Gasteiger partial charge in [-0.1, -0.05) is 23.8 Å². The molecule has 1 heterocycles. The van der Waals surface area contributed by atoms with Crippen molar-refractivity contribution >= 4 is 6.21 Å². The standard InChI is InChI=1S/C9H11N/c1-2-4-9-7-10-6-5-8(9)3-1/h2-4,6,9H,1,5,7H2. The molecule has 52 valence electrons. The highest BCUT2D eigenvalue weighted by Gasteiger charge is 2.14. The Morgan fingerprint density at radius 2 is 2.50 bits per heavy atom.